The molecule has 1 aliphatic carbocycles. The molecule has 0 saturated carbocycles. The third-order valence-electron chi connectivity index (χ3n) is 3.05. The van der Waals surface area contributed by atoms with Crippen molar-refractivity contribution in [3.05, 3.63) is 19.1 Å². The molecule has 13 heavy (non-hydrogen) atoms. The first-order valence-electron chi connectivity index (χ1n) is 5.87. The minimum absolute atomic E-state index is 0.891. The highest BCUT2D eigenvalue weighted by Gasteiger charge is 2.05. The van der Waals surface area contributed by atoms with Crippen molar-refractivity contribution in [1.29, 1.82) is 0 Å². The Bertz CT molecular complexity index is 135. The van der Waals surface area contributed by atoms with E-state index in [0.29, 0.717) is 0 Å². The fourth-order valence-electron chi connectivity index (χ4n) is 2.05. The number of rotatable bonds is 1. The van der Waals surface area contributed by atoms with E-state index < -0.39 is 0 Å². The molecule has 1 radical (unpaired) electrons. The summed E-state index contributed by atoms with van der Waals surface area (Å²) in [7, 11) is 0. The van der Waals surface area contributed by atoms with E-state index in [2.05, 4.69) is 19.1 Å². The van der Waals surface area contributed by atoms with E-state index in [1.807, 2.05) is 0 Å². The van der Waals surface area contributed by atoms with Gasteiger partial charge in [-0.1, -0.05) is 51.2 Å². The Balaban J connectivity index is 2.27. The first kappa shape index (κ1) is 10.8. The van der Waals surface area contributed by atoms with E-state index >= 15 is 0 Å². The molecule has 1 atom stereocenters. The molecule has 0 aliphatic heterocycles. The summed E-state index contributed by atoms with van der Waals surface area (Å²) < 4.78 is 0. The standard InChI is InChI=1S/C13H23/c1-2-13-11-9-7-5-3-4-6-8-10-12-13/h5,7,13H,1-4,6,8-12H2/b7-5-. The van der Waals surface area contributed by atoms with Crippen molar-refractivity contribution < 1.29 is 0 Å². The van der Waals surface area contributed by atoms with Crippen LogP contribution in [0.2, 0.25) is 0 Å². The van der Waals surface area contributed by atoms with Crippen molar-refractivity contribution in [3.63, 3.8) is 0 Å². The lowest BCUT2D eigenvalue weighted by molar-refractivity contribution is 0.432. The van der Waals surface area contributed by atoms with Crippen LogP contribution in [0.3, 0.4) is 0 Å². The lowest BCUT2D eigenvalue weighted by Crippen LogP contribution is -1.98. The molecule has 1 unspecified atom stereocenters. The Kier molecular flexibility index (Phi) is 5.97. The molecule has 0 aromatic carbocycles. The SMILES string of the molecule is [CH2]CC1CC/C=C\CCCCCC1. The smallest absolute Gasteiger partial charge is 0.0348 e. The van der Waals surface area contributed by atoms with Crippen molar-refractivity contribution >= 4 is 0 Å². The lowest BCUT2D eigenvalue weighted by Gasteiger charge is -2.12. The summed E-state index contributed by atoms with van der Waals surface area (Å²) >= 11 is 0. The molecule has 0 heteroatoms. The van der Waals surface area contributed by atoms with Crippen LogP contribution in [0.4, 0.5) is 0 Å². The first-order valence-corrected chi connectivity index (χ1v) is 5.87. The first-order chi connectivity index (χ1) is 6.43. The average Bonchev–Trinajstić information content (AvgIpc) is 2.22. The van der Waals surface area contributed by atoms with Gasteiger partial charge in [-0.15, -0.1) is 0 Å². The van der Waals surface area contributed by atoms with Crippen LogP contribution in [0.15, 0.2) is 12.2 Å². The van der Waals surface area contributed by atoms with E-state index in [9.17, 15) is 0 Å². The molecule has 1 rings (SSSR count). The molecule has 75 valence electrons. The zero-order valence-electron chi connectivity index (χ0n) is 8.80. The van der Waals surface area contributed by atoms with E-state index in [1.54, 1.807) is 0 Å². The average molecular weight is 179 g/mol. The molecule has 0 aromatic rings. The van der Waals surface area contributed by atoms with Crippen molar-refractivity contribution in [3.8, 4) is 0 Å². The summed E-state index contributed by atoms with van der Waals surface area (Å²) in [5.41, 5.74) is 0. The van der Waals surface area contributed by atoms with E-state index in [0.717, 1.165) is 12.3 Å². The van der Waals surface area contributed by atoms with Crippen LogP contribution in [0.5, 0.6) is 0 Å². The molecule has 0 amide bonds. The zero-order valence-corrected chi connectivity index (χ0v) is 8.80. The number of allylic oxidation sites excluding steroid dienone is 2. The van der Waals surface area contributed by atoms with Crippen LogP contribution in [-0.2, 0) is 0 Å². The quantitative estimate of drug-likeness (QED) is 0.519. The molecule has 0 bridgehead atoms. The number of hydrogen-bond donors (Lipinski definition) is 0. The fraction of sp³-hybridized carbons (Fsp3) is 0.769. The Hall–Kier alpha value is -0.260. The van der Waals surface area contributed by atoms with Gasteiger partial charge in [0.2, 0.25) is 0 Å². The summed E-state index contributed by atoms with van der Waals surface area (Å²) in [5.74, 6) is 0.891. The molecule has 0 N–H and O–H groups in total. The van der Waals surface area contributed by atoms with Crippen LogP contribution >= 0.6 is 0 Å². The molecular weight excluding hydrogens is 156 g/mol. The summed E-state index contributed by atoms with van der Waals surface area (Å²) in [4.78, 5) is 0. The predicted molar refractivity (Wildman–Crippen MR) is 59.5 cm³/mol. The predicted octanol–water partition coefficient (Wildman–Crippen LogP) is 4.52. The van der Waals surface area contributed by atoms with Gasteiger partial charge in [0, 0.05) is 0 Å². The zero-order chi connectivity index (χ0) is 9.36. The van der Waals surface area contributed by atoms with Gasteiger partial charge in [-0.3, -0.25) is 0 Å². The second-order valence-corrected chi connectivity index (χ2v) is 4.20. The van der Waals surface area contributed by atoms with Crippen LogP contribution < -0.4 is 0 Å². The van der Waals surface area contributed by atoms with E-state index in [-0.39, 0.29) is 0 Å². The Labute approximate surface area is 83.4 Å². The maximum Gasteiger partial charge on any atom is -0.0348 e. The van der Waals surface area contributed by atoms with Crippen LogP contribution in [0.1, 0.15) is 57.8 Å². The highest BCUT2D eigenvalue weighted by Crippen LogP contribution is 2.20. The second-order valence-electron chi connectivity index (χ2n) is 4.20. The summed E-state index contributed by atoms with van der Waals surface area (Å²) in [5, 5.41) is 0. The van der Waals surface area contributed by atoms with Crippen LogP contribution in [0, 0.1) is 12.8 Å². The molecule has 1 aliphatic rings. The molecule has 0 nitrogen and oxygen atoms in total. The Morgan fingerprint density at radius 1 is 0.923 bits per heavy atom. The lowest BCUT2D eigenvalue weighted by atomic mass is 9.94. The van der Waals surface area contributed by atoms with Gasteiger partial charge >= 0.3 is 0 Å². The van der Waals surface area contributed by atoms with Crippen molar-refractivity contribution in [2.75, 3.05) is 0 Å². The monoisotopic (exact) mass is 179 g/mol. The largest absolute Gasteiger partial charge is 0.0885 e. The highest BCUT2D eigenvalue weighted by atomic mass is 14.1. The molecule has 0 fully saturated rings. The van der Waals surface area contributed by atoms with Gasteiger partial charge < -0.3 is 0 Å². The molecule has 0 saturated heterocycles. The summed E-state index contributed by atoms with van der Waals surface area (Å²) in [6, 6.07) is 0. The van der Waals surface area contributed by atoms with Crippen molar-refractivity contribution in [1.82, 2.24) is 0 Å². The van der Waals surface area contributed by atoms with Gasteiger partial charge in [0.15, 0.2) is 0 Å². The minimum Gasteiger partial charge on any atom is -0.0885 e. The fourth-order valence-corrected chi connectivity index (χ4v) is 2.05. The van der Waals surface area contributed by atoms with Crippen LogP contribution in [0.25, 0.3) is 0 Å². The van der Waals surface area contributed by atoms with Crippen LogP contribution in [-0.4, -0.2) is 0 Å². The highest BCUT2D eigenvalue weighted by molar-refractivity contribution is 4.83. The number of hydrogen-bond acceptors (Lipinski definition) is 0. The van der Waals surface area contributed by atoms with E-state index in [4.69, 9.17) is 0 Å². The third kappa shape index (κ3) is 5.13. The Morgan fingerprint density at radius 3 is 2.54 bits per heavy atom. The molecule has 0 aromatic heterocycles. The maximum absolute atomic E-state index is 4.04. The van der Waals surface area contributed by atoms with Gasteiger partial charge in [-0.05, 0) is 31.6 Å². The normalized spacial score (nSPS) is 29.2. The van der Waals surface area contributed by atoms with Gasteiger partial charge in [-0.2, -0.15) is 0 Å². The summed E-state index contributed by atoms with van der Waals surface area (Å²) in [6.45, 7) is 4.04. The van der Waals surface area contributed by atoms with Gasteiger partial charge in [-0.25, -0.2) is 0 Å². The van der Waals surface area contributed by atoms with Gasteiger partial charge in [0.05, 0.1) is 0 Å². The van der Waals surface area contributed by atoms with Gasteiger partial charge in [0.25, 0.3) is 0 Å². The maximum atomic E-state index is 4.04. The molecule has 0 spiro atoms. The topological polar surface area (TPSA) is 0 Å². The van der Waals surface area contributed by atoms with E-state index in [1.165, 1.54) is 51.4 Å². The minimum atomic E-state index is 0.891. The third-order valence-corrected chi connectivity index (χ3v) is 3.05. The second kappa shape index (κ2) is 7.17. The van der Waals surface area contributed by atoms with Gasteiger partial charge in [0.1, 0.15) is 0 Å². The van der Waals surface area contributed by atoms with Crippen molar-refractivity contribution in [2.24, 2.45) is 5.92 Å². The Morgan fingerprint density at radius 2 is 1.69 bits per heavy atom. The summed E-state index contributed by atoms with van der Waals surface area (Å²) in [6.07, 6.45) is 16.9. The van der Waals surface area contributed by atoms with Crippen molar-refractivity contribution in [2.45, 2.75) is 57.8 Å². The molecular formula is C13H23. The molecule has 0 heterocycles.